The SMILES string of the molecule is COc1ccc(CCNC(=O)N2C(=O)NC(C)=C(C(=O)O)C2c2cccc(Cl)c2)cc1. The number of amides is 4. The lowest BCUT2D eigenvalue weighted by molar-refractivity contribution is -0.133. The number of carboxylic acid groups (broad SMARTS) is 1. The molecule has 4 amide bonds. The van der Waals surface area contributed by atoms with Crippen LogP contribution in [0.25, 0.3) is 0 Å². The predicted molar refractivity (Wildman–Crippen MR) is 115 cm³/mol. The zero-order valence-corrected chi connectivity index (χ0v) is 17.8. The second-order valence-corrected chi connectivity index (χ2v) is 7.37. The van der Waals surface area contributed by atoms with Gasteiger partial charge >= 0.3 is 18.0 Å². The van der Waals surface area contributed by atoms with E-state index in [0.717, 1.165) is 16.2 Å². The highest BCUT2D eigenvalue weighted by Gasteiger charge is 2.41. The Balaban J connectivity index is 1.82. The molecule has 2 aromatic carbocycles. The standard InChI is InChI=1S/C22H22ClN3O5/c1-13-18(20(27)28)19(15-4-3-5-16(23)12-15)26(22(30)25-13)21(29)24-11-10-14-6-8-17(31-2)9-7-14/h3-9,12,19H,10-11H2,1-2H3,(H,24,29)(H,25,30)(H,27,28). The van der Waals surface area contributed by atoms with E-state index in [2.05, 4.69) is 10.6 Å². The zero-order chi connectivity index (χ0) is 22.5. The van der Waals surface area contributed by atoms with E-state index in [-0.39, 0.29) is 17.8 Å². The number of nitrogens with one attached hydrogen (secondary N) is 2. The lowest BCUT2D eigenvalue weighted by atomic mass is 9.94. The highest BCUT2D eigenvalue weighted by atomic mass is 35.5. The molecule has 0 bridgehead atoms. The average molecular weight is 444 g/mol. The second-order valence-electron chi connectivity index (χ2n) is 6.93. The van der Waals surface area contributed by atoms with Gasteiger partial charge in [0.25, 0.3) is 0 Å². The summed E-state index contributed by atoms with van der Waals surface area (Å²) < 4.78 is 5.12. The van der Waals surface area contributed by atoms with Gasteiger partial charge in [0.15, 0.2) is 0 Å². The van der Waals surface area contributed by atoms with Gasteiger partial charge < -0.3 is 20.5 Å². The van der Waals surface area contributed by atoms with Gasteiger partial charge in [-0.15, -0.1) is 0 Å². The van der Waals surface area contributed by atoms with Gasteiger partial charge in [0.05, 0.1) is 12.7 Å². The minimum absolute atomic E-state index is 0.104. The topological polar surface area (TPSA) is 108 Å². The molecule has 2 aromatic rings. The highest BCUT2D eigenvalue weighted by Crippen LogP contribution is 2.34. The normalized spacial score (nSPS) is 16.0. The van der Waals surface area contributed by atoms with E-state index in [1.165, 1.54) is 6.92 Å². The number of aliphatic carboxylic acids is 1. The van der Waals surface area contributed by atoms with Crippen LogP contribution in [0.5, 0.6) is 5.75 Å². The molecule has 0 fully saturated rings. The fourth-order valence-electron chi connectivity index (χ4n) is 3.41. The fraction of sp³-hybridized carbons (Fsp3) is 0.227. The van der Waals surface area contributed by atoms with Crippen LogP contribution in [0.15, 0.2) is 59.8 Å². The molecule has 3 N–H and O–H groups in total. The molecule has 1 unspecified atom stereocenters. The molecule has 1 atom stereocenters. The summed E-state index contributed by atoms with van der Waals surface area (Å²) in [7, 11) is 1.58. The Kier molecular flexibility index (Phi) is 6.81. The van der Waals surface area contributed by atoms with Crippen LogP contribution in [0.2, 0.25) is 5.02 Å². The number of halogens is 1. The number of allylic oxidation sites excluding steroid dienone is 1. The van der Waals surface area contributed by atoms with Gasteiger partial charge in [-0.1, -0.05) is 35.9 Å². The van der Waals surface area contributed by atoms with E-state index in [9.17, 15) is 19.5 Å². The Morgan fingerprint density at radius 1 is 1.23 bits per heavy atom. The smallest absolute Gasteiger partial charge is 0.335 e. The summed E-state index contributed by atoms with van der Waals surface area (Å²) >= 11 is 6.07. The predicted octanol–water partition coefficient (Wildman–Crippen LogP) is 3.73. The van der Waals surface area contributed by atoms with Crippen molar-refractivity contribution >= 4 is 29.6 Å². The van der Waals surface area contributed by atoms with Crippen molar-refractivity contribution in [2.45, 2.75) is 19.4 Å². The maximum Gasteiger partial charge on any atom is 0.335 e. The summed E-state index contributed by atoms with van der Waals surface area (Å²) in [6, 6.07) is 11.3. The van der Waals surface area contributed by atoms with Gasteiger partial charge in [-0.05, 0) is 48.7 Å². The molecule has 0 aliphatic carbocycles. The second kappa shape index (κ2) is 9.53. The molecule has 31 heavy (non-hydrogen) atoms. The average Bonchev–Trinajstić information content (AvgIpc) is 2.73. The minimum atomic E-state index is -1.24. The molecule has 1 aliphatic heterocycles. The number of ether oxygens (including phenoxy) is 1. The maximum atomic E-state index is 12.9. The number of imide groups is 1. The molecule has 0 aromatic heterocycles. The van der Waals surface area contributed by atoms with Crippen molar-refractivity contribution in [1.82, 2.24) is 15.5 Å². The van der Waals surface area contributed by atoms with Crippen LogP contribution in [0, 0.1) is 0 Å². The Bertz CT molecular complexity index is 1040. The van der Waals surface area contributed by atoms with Gasteiger partial charge in [0.2, 0.25) is 0 Å². The lowest BCUT2D eigenvalue weighted by Gasteiger charge is -2.35. The lowest BCUT2D eigenvalue weighted by Crippen LogP contribution is -2.54. The minimum Gasteiger partial charge on any atom is -0.497 e. The summed E-state index contributed by atoms with van der Waals surface area (Å²) in [6.45, 7) is 1.74. The van der Waals surface area contributed by atoms with Crippen LogP contribution in [0.1, 0.15) is 24.1 Å². The number of carbonyl (C=O) groups excluding carboxylic acids is 2. The fourth-order valence-corrected chi connectivity index (χ4v) is 3.61. The largest absolute Gasteiger partial charge is 0.497 e. The molecular formula is C22H22ClN3O5. The molecule has 0 saturated carbocycles. The molecule has 1 heterocycles. The third kappa shape index (κ3) is 4.97. The summed E-state index contributed by atoms with van der Waals surface area (Å²) in [5.74, 6) is -0.510. The summed E-state index contributed by atoms with van der Waals surface area (Å²) in [5, 5.41) is 15.3. The number of hydrogen-bond acceptors (Lipinski definition) is 4. The Labute approximate surface area is 184 Å². The maximum absolute atomic E-state index is 12.9. The van der Waals surface area contributed by atoms with Gasteiger partial charge in [-0.3, -0.25) is 0 Å². The van der Waals surface area contributed by atoms with Crippen molar-refractivity contribution < 1.29 is 24.2 Å². The number of urea groups is 2. The number of hydrogen-bond donors (Lipinski definition) is 3. The molecule has 162 valence electrons. The van der Waals surface area contributed by atoms with Crippen molar-refractivity contribution in [1.29, 1.82) is 0 Å². The van der Waals surface area contributed by atoms with E-state index in [1.807, 2.05) is 24.3 Å². The van der Waals surface area contributed by atoms with Crippen molar-refractivity contribution in [3.8, 4) is 5.75 Å². The number of carbonyl (C=O) groups is 3. The van der Waals surface area contributed by atoms with Crippen LogP contribution >= 0.6 is 11.6 Å². The van der Waals surface area contributed by atoms with E-state index >= 15 is 0 Å². The number of methoxy groups -OCH3 is 1. The first-order valence-electron chi connectivity index (χ1n) is 9.52. The first-order valence-corrected chi connectivity index (χ1v) is 9.90. The number of nitrogens with zero attached hydrogens (tertiary/aromatic N) is 1. The van der Waals surface area contributed by atoms with Crippen molar-refractivity contribution in [3.05, 3.63) is 76.0 Å². The Hall–Kier alpha value is -3.52. The van der Waals surface area contributed by atoms with E-state index < -0.39 is 24.1 Å². The summed E-state index contributed by atoms with van der Waals surface area (Å²) in [4.78, 5) is 38.4. The van der Waals surface area contributed by atoms with Gasteiger partial charge in [-0.25, -0.2) is 19.3 Å². The quantitative estimate of drug-likeness (QED) is 0.630. The first-order chi connectivity index (χ1) is 14.8. The number of rotatable bonds is 6. The zero-order valence-electron chi connectivity index (χ0n) is 17.0. The van der Waals surface area contributed by atoms with Gasteiger partial charge in [0, 0.05) is 17.3 Å². The molecule has 3 rings (SSSR count). The van der Waals surface area contributed by atoms with Crippen LogP contribution in [0.3, 0.4) is 0 Å². The molecule has 0 spiro atoms. The van der Waals surface area contributed by atoms with E-state index in [0.29, 0.717) is 17.0 Å². The molecule has 1 aliphatic rings. The monoisotopic (exact) mass is 443 g/mol. The highest BCUT2D eigenvalue weighted by molar-refractivity contribution is 6.30. The van der Waals surface area contributed by atoms with Crippen molar-refractivity contribution in [2.75, 3.05) is 13.7 Å². The number of benzene rings is 2. The van der Waals surface area contributed by atoms with Crippen LogP contribution in [-0.2, 0) is 11.2 Å². The molecule has 0 saturated heterocycles. The molecule has 0 radical (unpaired) electrons. The molecule has 9 heteroatoms. The first kappa shape index (κ1) is 22.2. The molecule has 8 nitrogen and oxygen atoms in total. The van der Waals surface area contributed by atoms with Crippen LogP contribution in [0.4, 0.5) is 9.59 Å². The van der Waals surface area contributed by atoms with Gasteiger partial charge in [0.1, 0.15) is 11.8 Å². The Morgan fingerprint density at radius 3 is 2.55 bits per heavy atom. The van der Waals surface area contributed by atoms with Crippen LogP contribution in [-0.4, -0.2) is 41.7 Å². The third-order valence-corrected chi connectivity index (χ3v) is 5.15. The van der Waals surface area contributed by atoms with E-state index in [1.54, 1.807) is 31.4 Å². The number of carboxylic acids is 1. The van der Waals surface area contributed by atoms with E-state index in [4.69, 9.17) is 16.3 Å². The van der Waals surface area contributed by atoms with Crippen LogP contribution < -0.4 is 15.4 Å². The van der Waals surface area contributed by atoms with Crippen molar-refractivity contribution in [3.63, 3.8) is 0 Å². The summed E-state index contributed by atoms with van der Waals surface area (Å²) in [6.07, 6.45) is 0.522. The van der Waals surface area contributed by atoms with Gasteiger partial charge in [-0.2, -0.15) is 0 Å². The van der Waals surface area contributed by atoms with Crippen molar-refractivity contribution in [2.24, 2.45) is 0 Å². The molecular weight excluding hydrogens is 422 g/mol. The third-order valence-electron chi connectivity index (χ3n) is 4.91. The summed E-state index contributed by atoms with van der Waals surface area (Å²) in [5.41, 5.74) is 1.46. The Morgan fingerprint density at radius 2 is 1.94 bits per heavy atom.